The maximum absolute atomic E-state index is 11.5. The van der Waals surface area contributed by atoms with Gasteiger partial charge in [-0.25, -0.2) is 4.79 Å². The third-order valence-electron chi connectivity index (χ3n) is 2.64. The summed E-state index contributed by atoms with van der Waals surface area (Å²) in [4.78, 5) is 24.5. The van der Waals surface area contributed by atoms with Crippen LogP contribution in [0.3, 0.4) is 0 Å². The van der Waals surface area contributed by atoms with E-state index in [4.69, 9.17) is 5.11 Å². The van der Waals surface area contributed by atoms with Gasteiger partial charge in [0.25, 0.3) is 5.56 Å². The summed E-state index contributed by atoms with van der Waals surface area (Å²) >= 11 is 1.09. The number of H-pyrrole nitrogens is 1. The average molecular weight is 260 g/mol. The van der Waals surface area contributed by atoms with Crippen LogP contribution in [-0.2, 0) is 0 Å². The van der Waals surface area contributed by atoms with Gasteiger partial charge in [-0.05, 0) is 0 Å². The highest BCUT2D eigenvalue weighted by Gasteiger charge is 2.43. The minimum Gasteiger partial charge on any atom is -0.395 e. The molecule has 0 spiro atoms. The Morgan fingerprint density at radius 2 is 2.06 bits per heavy atom. The second-order valence-corrected chi connectivity index (χ2v) is 5.11. The summed E-state index contributed by atoms with van der Waals surface area (Å²) < 4.78 is 1.13. The van der Waals surface area contributed by atoms with E-state index in [1.165, 1.54) is 6.20 Å². The van der Waals surface area contributed by atoms with Crippen molar-refractivity contribution in [1.82, 2.24) is 9.55 Å². The predicted molar refractivity (Wildman–Crippen MR) is 60.8 cm³/mol. The zero-order valence-corrected chi connectivity index (χ0v) is 9.50. The van der Waals surface area contributed by atoms with Crippen molar-refractivity contribution in [2.45, 2.75) is 22.8 Å². The highest BCUT2D eigenvalue weighted by Crippen LogP contribution is 2.40. The van der Waals surface area contributed by atoms with Crippen LogP contribution in [0, 0.1) is 0 Å². The zero-order valence-electron chi connectivity index (χ0n) is 8.68. The first-order valence-corrected chi connectivity index (χ1v) is 5.93. The minimum atomic E-state index is -1.17. The number of nitrogens with one attached hydrogen (secondary N) is 1. The molecule has 94 valence electrons. The van der Waals surface area contributed by atoms with Gasteiger partial charge in [0.2, 0.25) is 0 Å². The predicted octanol–water partition coefficient (Wildman–Crippen LogP) is -2.14. The highest BCUT2D eigenvalue weighted by atomic mass is 32.2. The van der Waals surface area contributed by atoms with Crippen molar-refractivity contribution >= 4 is 11.8 Å². The van der Waals surface area contributed by atoms with Crippen molar-refractivity contribution in [3.8, 4) is 0 Å². The summed E-state index contributed by atoms with van der Waals surface area (Å²) in [5, 5.41) is 27.1. The standard InChI is InChI=1S/C9H12N2O5S/c12-3-4-6(14)7(15)8(17-4)11-2-1-5(13)10-9(11)16/h1-2,4,6-8,12,14-15H,3H2,(H,10,13,16)/t4-,6?,7?,8-/m1/s1. The second-order valence-electron chi connectivity index (χ2n) is 3.75. The van der Waals surface area contributed by atoms with E-state index in [2.05, 4.69) is 4.98 Å². The molecule has 8 heteroatoms. The van der Waals surface area contributed by atoms with Gasteiger partial charge in [-0.3, -0.25) is 14.3 Å². The largest absolute Gasteiger partial charge is 0.395 e. The number of aromatic amines is 1. The van der Waals surface area contributed by atoms with E-state index >= 15 is 0 Å². The Morgan fingerprint density at radius 1 is 1.35 bits per heavy atom. The monoisotopic (exact) mass is 260 g/mol. The highest BCUT2D eigenvalue weighted by molar-refractivity contribution is 8.00. The molecule has 0 aromatic carbocycles. The lowest BCUT2D eigenvalue weighted by molar-refractivity contribution is 0.0101. The van der Waals surface area contributed by atoms with Crippen molar-refractivity contribution in [1.29, 1.82) is 0 Å². The van der Waals surface area contributed by atoms with Crippen molar-refractivity contribution in [2.75, 3.05) is 6.61 Å². The first kappa shape index (κ1) is 12.4. The Kier molecular flexibility index (Phi) is 3.38. The molecule has 2 unspecified atom stereocenters. The molecule has 1 aliphatic rings. The molecule has 0 radical (unpaired) electrons. The topological polar surface area (TPSA) is 116 Å². The molecule has 17 heavy (non-hydrogen) atoms. The number of aromatic nitrogens is 2. The van der Waals surface area contributed by atoms with Gasteiger partial charge in [-0.2, -0.15) is 0 Å². The van der Waals surface area contributed by atoms with Crippen LogP contribution < -0.4 is 11.2 Å². The summed E-state index contributed by atoms with van der Waals surface area (Å²) in [6, 6.07) is 1.16. The van der Waals surface area contributed by atoms with Crippen LogP contribution in [0.15, 0.2) is 21.9 Å². The Morgan fingerprint density at radius 3 is 2.59 bits per heavy atom. The molecule has 0 saturated carbocycles. The number of thioether (sulfide) groups is 1. The minimum absolute atomic E-state index is 0.294. The molecule has 4 atom stereocenters. The molecule has 1 fully saturated rings. The number of aliphatic hydroxyl groups excluding tert-OH is 3. The number of hydrogen-bond donors (Lipinski definition) is 4. The Hall–Kier alpha value is -1.09. The van der Waals surface area contributed by atoms with E-state index in [0.29, 0.717) is 0 Å². The second kappa shape index (κ2) is 4.65. The third kappa shape index (κ3) is 2.16. The van der Waals surface area contributed by atoms with Gasteiger partial charge in [0.1, 0.15) is 11.5 Å². The molecule has 0 aliphatic carbocycles. The van der Waals surface area contributed by atoms with Crippen LogP contribution in [0.1, 0.15) is 5.37 Å². The number of nitrogens with zero attached hydrogens (tertiary/aromatic N) is 1. The van der Waals surface area contributed by atoms with E-state index in [9.17, 15) is 19.8 Å². The fraction of sp³-hybridized carbons (Fsp3) is 0.556. The molecule has 1 aromatic rings. The van der Waals surface area contributed by atoms with Crippen LogP contribution >= 0.6 is 11.8 Å². The molecule has 1 aromatic heterocycles. The maximum atomic E-state index is 11.5. The summed E-state index contributed by atoms with van der Waals surface area (Å²) in [6.45, 7) is -0.294. The fourth-order valence-electron chi connectivity index (χ4n) is 1.74. The van der Waals surface area contributed by atoms with Crippen molar-refractivity contribution in [3.63, 3.8) is 0 Å². The fourth-order valence-corrected chi connectivity index (χ4v) is 3.12. The Balaban J connectivity index is 2.35. The molecule has 0 amide bonds. The van der Waals surface area contributed by atoms with Crippen LogP contribution in [0.2, 0.25) is 0 Å². The molecular formula is C9H12N2O5S. The van der Waals surface area contributed by atoms with Crippen LogP contribution in [0.5, 0.6) is 0 Å². The third-order valence-corrected chi connectivity index (χ3v) is 4.20. The van der Waals surface area contributed by atoms with Gasteiger partial charge in [-0.15, -0.1) is 11.8 Å². The first-order chi connectivity index (χ1) is 8.04. The molecule has 0 bridgehead atoms. The molecule has 1 saturated heterocycles. The van der Waals surface area contributed by atoms with E-state index in [1.54, 1.807) is 0 Å². The van der Waals surface area contributed by atoms with Gasteiger partial charge >= 0.3 is 5.69 Å². The van der Waals surface area contributed by atoms with E-state index < -0.39 is 34.1 Å². The van der Waals surface area contributed by atoms with Crippen molar-refractivity contribution in [2.24, 2.45) is 0 Å². The number of aliphatic hydroxyl groups is 3. The molecular weight excluding hydrogens is 248 g/mol. The number of rotatable bonds is 2. The van der Waals surface area contributed by atoms with E-state index in [-0.39, 0.29) is 6.61 Å². The SMILES string of the molecule is O=c1ccn([C@@H]2S[C@H](CO)C(O)C2O)c(=O)[nH]1. The van der Waals surface area contributed by atoms with Gasteiger partial charge in [0.15, 0.2) is 0 Å². The normalized spacial score (nSPS) is 32.9. The van der Waals surface area contributed by atoms with Gasteiger partial charge < -0.3 is 15.3 Å². The summed E-state index contributed by atoms with van der Waals surface area (Å²) in [5.41, 5.74) is -1.18. The van der Waals surface area contributed by atoms with Crippen molar-refractivity contribution < 1.29 is 15.3 Å². The maximum Gasteiger partial charge on any atom is 0.329 e. The molecule has 7 nitrogen and oxygen atoms in total. The Bertz CT molecular complexity index is 513. The van der Waals surface area contributed by atoms with Crippen molar-refractivity contribution in [3.05, 3.63) is 33.1 Å². The van der Waals surface area contributed by atoms with Gasteiger partial charge in [0.05, 0.1) is 18.0 Å². The van der Waals surface area contributed by atoms with Gasteiger partial charge in [0, 0.05) is 12.3 Å². The Labute approximate surface area is 99.7 Å². The first-order valence-electron chi connectivity index (χ1n) is 4.98. The molecule has 2 rings (SSSR count). The molecule has 4 N–H and O–H groups in total. The lowest BCUT2D eigenvalue weighted by Crippen LogP contribution is -2.37. The lowest BCUT2D eigenvalue weighted by Gasteiger charge is -2.17. The molecule has 2 heterocycles. The summed E-state index contributed by atoms with van der Waals surface area (Å²) in [7, 11) is 0. The van der Waals surface area contributed by atoms with Crippen LogP contribution in [0.4, 0.5) is 0 Å². The summed E-state index contributed by atoms with van der Waals surface area (Å²) in [5.74, 6) is 0. The van der Waals surface area contributed by atoms with E-state index in [1.807, 2.05) is 0 Å². The zero-order chi connectivity index (χ0) is 12.6. The quantitative estimate of drug-likeness (QED) is 0.482. The lowest BCUT2D eigenvalue weighted by atomic mass is 10.1. The number of hydrogen-bond acceptors (Lipinski definition) is 6. The molecule has 1 aliphatic heterocycles. The smallest absolute Gasteiger partial charge is 0.329 e. The van der Waals surface area contributed by atoms with Crippen LogP contribution in [-0.4, -0.2) is 48.9 Å². The average Bonchev–Trinajstić information content (AvgIpc) is 2.57. The van der Waals surface area contributed by atoms with Gasteiger partial charge in [-0.1, -0.05) is 0 Å². The van der Waals surface area contributed by atoms with Crippen LogP contribution in [0.25, 0.3) is 0 Å². The van der Waals surface area contributed by atoms with E-state index in [0.717, 1.165) is 22.4 Å². The summed E-state index contributed by atoms with van der Waals surface area (Å²) in [6.07, 6.45) is -1.01.